The van der Waals surface area contributed by atoms with Crippen LogP contribution in [0.5, 0.6) is 0 Å². The fraction of sp³-hybridized carbons (Fsp3) is 0.279. The van der Waals surface area contributed by atoms with E-state index in [1.165, 1.54) is 0 Å². The van der Waals surface area contributed by atoms with Crippen LogP contribution in [-0.4, -0.2) is 56.7 Å². The first-order valence-corrected chi connectivity index (χ1v) is 19.3. The highest BCUT2D eigenvalue weighted by atomic mass is 28.4. The van der Waals surface area contributed by atoms with Gasteiger partial charge < -0.3 is 28.5 Å². The van der Waals surface area contributed by atoms with Crippen LogP contribution in [0.4, 0.5) is 0 Å². The summed E-state index contributed by atoms with van der Waals surface area (Å²) in [6.07, 6.45) is -5.19. The number of rotatable bonds is 13. The van der Waals surface area contributed by atoms with Crippen LogP contribution in [0.25, 0.3) is 0 Å². The molecule has 51 heavy (non-hydrogen) atoms. The van der Waals surface area contributed by atoms with Crippen molar-refractivity contribution in [3.8, 4) is 0 Å². The van der Waals surface area contributed by atoms with Crippen molar-refractivity contribution in [2.24, 2.45) is 0 Å². The summed E-state index contributed by atoms with van der Waals surface area (Å²) >= 11 is 0. The molecule has 0 spiro atoms. The minimum Gasteiger partial charge on any atom is -0.429 e. The molecule has 1 fully saturated rings. The number of aliphatic hydroxyl groups excluding tert-OH is 1. The highest BCUT2D eigenvalue weighted by Gasteiger charge is 2.53. The van der Waals surface area contributed by atoms with Crippen LogP contribution in [-0.2, 0) is 36.6 Å². The van der Waals surface area contributed by atoms with Crippen LogP contribution < -0.4 is 10.4 Å². The largest absolute Gasteiger partial charge is 0.429 e. The quantitative estimate of drug-likeness (QED) is 0.108. The molecule has 0 bridgehead atoms. The molecule has 1 aliphatic heterocycles. The van der Waals surface area contributed by atoms with E-state index in [-0.39, 0.29) is 24.9 Å². The normalized spacial score (nSPS) is 20.8. The minimum atomic E-state index is -3.01. The third-order valence-electron chi connectivity index (χ3n) is 9.30. The predicted molar refractivity (Wildman–Crippen MR) is 200 cm³/mol. The molecule has 6 rings (SSSR count). The molecule has 1 heterocycles. The Balaban J connectivity index is 1.38. The van der Waals surface area contributed by atoms with Crippen LogP contribution in [0.15, 0.2) is 152 Å². The van der Waals surface area contributed by atoms with Gasteiger partial charge in [0.2, 0.25) is 6.29 Å². The van der Waals surface area contributed by atoms with Gasteiger partial charge in [-0.2, -0.15) is 0 Å². The molecule has 1 saturated heterocycles. The Morgan fingerprint density at radius 1 is 0.647 bits per heavy atom. The second-order valence-corrected chi connectivity index (χ2v) is 18.1. The van der Waals surface area contributed by atoms with Gasteiger partial charge in [-0.15, -0.1) is 0 Å². The van der Waals surface area contributed by atoms with Crippen molar-refractivity contribution >= 4 is 24.7 Å². The maximum absolute atomic E-state index is 13.4. The van der Waals surface area contributed by atoms with Crippen molar-refractivity contribution in [3.05, 3.63) is 168 Å². The van der Waals surface area contributed by atoms with Gasteiger partial charge in [0, 0.05) is 0 Å². The van der Waals surface area contributed by atoms with E-state index in [0.717, 1.165) is 21.5 Å². The number of benzene rings is 5. The van der Waals surface area contributed by atoms with Gasteiger partial charge in [-0.3, -0.25) is 0 Å². The van der Waals surface area contributed by atoms with Gasteiger partial charge in [-0.1, -0.05) is 160 Å². The number of carbonyl (C=O) groups excluding carboxylic acids is 1. The summed E-state index contributed by atoms with van der Waals surface area (Å²) in [5.41, 5.74) is 2.23. The zero-order chi connectivity index (χ0) is 35.7. The van der Waals surface area contributed by atoms with Gasteiger partial charge in [0.15, 0.2) is 0 Å². The zero-order valence-corrected chi connectivity index (χ0v) is 30.3. The average Bonchev–Trinajstić information content (AvgIpc) is 3.16. The van der Waals surface area contributed by atoms with Crippen molar-refractivity contribution in [2.75, 3.05) is 6.61 Å². The molecule has 0 unspecified atom stereocenters. The van der Waals surface area contributed by atoms with E-state index in [1.807, 2.05) is 103 Å². The van der Waals surface area contributed by atoms with Gasteiger partial charge in [-0.25, -0.2) is 4.79 Å². The molecule has 7 nitrogen and oxygen atoms in total. The van der Waals surface area contributed by atoms with Crippen molar-refractivity contribution in [1.82, 2.24) is 0 Å². The van der Waals surface area contributed by atoms with Crippen LogP contribution in [0.2, 0.25) is 5.04 Å². The van der Waals surface area contributed by atoms with Crippen LogP contribution in [0.1, 0.15) is 42.3 Å². The monoisotopic (exact) mass is 702 g/mol. The van der Waals surface area contributed by atoms with Crippen LogP contribution in [0, 0.1) is 0 Å². The Hall–Kier alpha value is -4.41. The highest BCUT2D eigenvalue weighted by Crippen LogP contribution is 2.38. The molecule has 1 aliphatic rings. The van der Waals surface area contributed by atoms with E-state index >= 15 is 0 Å². The van der Waals surface area contributed by atoms with Crippen molar-refractivity contribution in [2.45, 2.75) is 69.7 Å². The molecule has 0 amide bonds. The third-order valence-corrected chi connectivity index (χ3v) is 14.3. The Bertz CT molecular complexity index is 1740. The zero-order valence-electron chi connectivity index (χ0n) is 29.3. The number of esters is 1. The van der Waals surface area contributed by atoms with E-state index < -0.39 is 45.0 Å². The second-order valence-electron chi connectivity index (χ2n) is 13.8. The summed E-state index contributed by atoms with van der Waals surface area (Å²) in [6.45, 7) is 7.18. The van der Waals surface area contributed by atoms with Gasteiger partial charge in [0.1, 0.15) is 24.4 Å². The second kappa shape index (κ2) is 16.7. The smallest absolute Gasteiger partial charge is 0.340 e. The van der Waals surface area contributed by atoms with Crippen molar-refractivity contribution in [3.63, 3.8) is 0 Å². The van der Waals surface area contributed by atoms with Crippen LogP contribution in [0.3, 0.4) is 0 Å². The molecule has 264 valence electrons. The fourth-order valence-corrected chi connectivity index (χ4v) is 11.3. The molecule has 0 aliphatic carbocycles. The van der Waals surface area contributed by atoms with E-state index in [9.17, 15) is 9.90 Å². The standard InChI is InChI=1S/C43H46O7Si/c1-43(2,3)51(35-25-15-7-16-26-35,36-27-17-8-18-28-36)48-31-37-39(46-29-32-19-9-4-10-20-32)40(47-30-33-21-11-5-12-22-33)38(44)42(49-37)50-41(45)34-23-13-6-14-24-34/h4-28,37-40,42,44H,29-31H2,1-3H3/t37-,38-,39-,40-,42+/m1/s1. The Morgan fingerprint density at radius 2 is 1.08 bits per heavy atom. The first-order chi connectivity index (χ1) is 24.8. The molecule has 5 aromatic rings. The molecule has 5 aromatic carbocycles. The lowest BCUT2D eigenvalue weighted by molar-refractivity contribution is -0.302. The lowest BCUT2D eigenvalue weighted by Crippen LogP contribution is -2.68. The Morgan fingerprint density at radius 3 is 1.55 bits per heavy atom. The summed E-state index contributed by atoms with van der Waals surface area (Å²) in [5.74, 6) is -0.614. The van der Waals surface area contributed by atoms with Gasteiger partial charge >= 0.3 is 5.97 Å². The number of aliphatic hydroxyl groups is 1. The van der Waals surface area contributed by atoms with Gasteiger partial charge in [0.25, 0.3) is 8.32 Å². The van der Waals surface area contributed by atoms with Crippen molar-refractivity contribution in [1.29, 1.82) is 0 Å². The number of carbonyl (C=O) groups is 1. The number of ether oxygens (including phenoxy) is 4. The van der Waals surface area contributed by atoms with E-state index in [2.05, 4.69) is 45.0 Å². The van der Waals surface area contributed by atoms with Gasteiger partial charge in [0.05, 0.1) is 25.4 Å². The Labute approximate surface area is 301 Å². The molecular formula is C43H46O7Si. The maximum Gasteiger partial charge on any atom is 0.340 e. The number of hydrogen-bond donors (Lipinski definition) is 1. The molecular weight excluding hydrogens is 657 g/mol. The van der Waals surface area contributed by atoms with E-state index in [0.29, 0.717) is 5.56 Å². The maximum atomic E-state index is 13.4. The molecule has 0 aromatic heterocycles. The highest BCUT2D eigenvalue weighted by molar-refractivity contribution is 6.99. The number of hydrogen-bond acceptors (Lipinski definition) is 7. The summed E-state index contributed by atoms with van der Waals surface area (Å²) in [7, 11) is -3.01. The lowest BCUT2D eigenvalue weighted by Gasteiger charge is -2.47. The van der Waals surface area contributed by atoms with Gasteiger partial charge in [-0.05, 0) is 38.7 Å². The Kier molecular flexibility index (Phi) is 11.9. The predicted octanol–water partition coefficient (Wildman–Crippen LogP) is 6.68. The fourth-order valence-electron chi connectivity index (χ4n) is 6.77. The molecule has 0 saturated carbocycles. The van der Waals surface area contributed by atoms with E-state index in [4.69, 9.17) is 23.4 Å². The summed E-state index contributed by atoms with van der Waals surface area (Å²) in [5, 5.41) is 13.8. The summed E-state index contributed by atoms with van der Waals surface area (Å²) in [6, 6.07) is 49.0. The third kappa shape index (κ3) is 8.56. The van der Waals surface area contributed by atoms with E-state index in [1.54, 1.807) is 24.3 Å². The molecule has 1 N–H and O–H groups in total. The molecule has 8 heteroatoms. The molecule has 0 radical (unpaired) electrons. The topological polar surface area (TPSA) is 83.5 Å². The van der Waals surface area contributed by atoms with Crippen molar-refractivity contribution < 1.29 is 33.3 Å². The first-order valence-electron chi connectivity index (χ1n) is 17.4. The minimum absolute atomic E-state index is 0.0873. The first kappa shape index (κ1) is 36.4. The SMILES string of the molecule is CC(C)(C)[Si](OC[C@H]1O[C@@H](OC(=O)c2ccccc2)[C@H](O)[C@@H](OCc2ccccc2)[C@@H]1OCc1ccccc1)(c1ccccc1)c1ccccc1. The summed E-state index contributed by atoms with van der Waals surface area (Å²) in [4.78, 5) is 13.4. The molecule has 5 atom stereocenters. The summed E-state index contributed by atoms with van der Waals surface area (Å²) < 4.78 is 32.9. The average molecular weight is 703 g/mol. The lowest BCUT2D eigenvalue weighted by atomic mass is 9.98. The van der Waals surface area contributed by atoms with Crippen LogP contribution >= 0.6 is 0 Å².